The number of amides is 1. The largest absolute Gasteiger partial charge is 0.493 e. The molecule has 0 saturated carbocycles. The molecule has 27 heavy (non-hydrogen) atoms. The topological polar surface area (TPSA) is 117 Å². The lowest BCUT2D eigenvalue weighted by molar-refractivity contribution is 0.0996. The van der Waals surface area contributed by atoms with Crippen molar-refractivity contribution in [2.75, 3.05) is 6.54 Å². The predicted molar refractivity (Wildman–Crippen MR) is 99.0 cm³/mol. The van der Waals surface area contributed by atoms with E-state index in [9.17, 15) is 15.0 Å². The maximum Gasteiger partial charge on any atom is 0.409 e. The fraction of sp³-hybridized carbons (Fsp3) is 0.267. The highest BCUT2D eigenvalue weighted by atomic mass is 35.6. The van der Waals surface area contributed by atoms with Crippen LogP contribution in [-0.4, -0.2) is 56.3 Å². The van der Waals surface area contributed by atoms with Crippen LogP contribution in [0.5, 0.6) is 5.88 Å². The van der Waals surface area contributed by atoms with Gasteiger partial charge in [-0.1, -0.05) is 40.9 Å². The van der Waals surface area contributed by atoms with E-state index < -0.39 is 16.1 Å². The van der Waals surface area contributed by atoms with Gasteiger partial charge in [0.15, 0.2) is 11.8 Å². The minimum Gasteiger partial charge on any atom is -0.493 e. The van der Waals surface area contributed by atoms with Gasteiger partial charge in [-0.05, 0) is 12.1 Å². The second kappa shape index (κ2) is 7.71. The zero-order chi connectivity index (χ0) is 19.6. The molecule has 2 N–H and O–H groups in total. The van der Waals surface area contributed by atoms with Crippen LogP contribution in [0.25, 0.3) is 11.0 Å². The van der Waals surface area contributed by atoms with E-state index in [1.165, 1.54) is 6.20 Å². The molecule has 3 aromatic rings. The highest BCUT2D eigenvalue weighted by molar-refractivity contribution is 6.67. The summed E-state index contributed by atoms with van der Waals surface area (Å²) in [5, 5.41) is 23.8. The summed E-state index contributed by atoms with van der Waals surface area (Å²) in [4.78, 5) is 24.7. The third-order valence-electron chi connectivity index (χ3n) is 3.77. The van der Waals surface area contributed by atoms with E-state index in [1.807, 2.05) is 0 Å². The molecule has 1 atom stereocenters. The van der Waals surface area contributed by atoms with Crippen LogP contribution < -0.4 is 0 Å². The SMILES string of the molecule is O=C(O)N(CCc1ccccn1)C(n1ncc2c(O)ncnc21)C(Cl)(Cl)Cl. The predicted octanol–water partition coefficient (Wildman–Crippen LogP) is 3.02. The molecule has 0 fully saturated rings. The molecule has 0 spiro atoms. The summed E-state index contributed by atoms with van der Waals surface area (Å²) in [6, 6.07) is 5.31. The Morgan fingerprint density at radius 1 is 1.26 bits per heavy atom. The smallest absolute Gasteiger partial charge is 0.409 e. The highest BCUT2D eigenvalue weighted by Crippen LogP contribution is 2.41. The minimum absolute atomic E-state index is 0.0106. The Labute approximate surface area is 168 Å². The van der Waals surface area contributed by atoms with E-state index in [4.69, 9.17) is 34.8 Å². The van der Waals surface area contributed by atoms with Crippen molar-refractivity contribution in [3.63, 3.8) is 0 Å². The van der Waals surface area contributed by atoms with Gasteiger partial charge >= 0.3 is 6.09 Å². The first kappa shape index (κ1) is 19.4. The molecule has 12 heteroatoms. The number of nitrogens with zero attached hydrogens (tertiary/aromatic N) is 6. The summed E-state index contributed by atoms with van der Waals surface area (Å²) in [7, 11) is 0. The Kier molecular flexibility index (Phi) is 5.54. The number of fused-ring (bicyclic) bond motifs is 1. The standard InChI is InChI=1S/C15H13Cl3N6O3/c16-15(17,18)13(24-11-10(7-22-24)12(25)21-8-20-11)23(14(26)27)6-4-9-3-1-2-5-19-9/h1-3,5,7-8,13H,4,6H2,(H,26,27)(H,20,21,25). The monoisotopic (exact) mass is 430 g/mol. The van der Waals surface area contributed by atoms with E-state index in [2.05, 4.69) is 20.1 Å². The first-order valence-electron chi connectivity index (χ1n) is 7.62. The summed E-state index contributed by atoms with van der Waals surface area (Å²) in [5.74, 6) is -0.315. The van der Waals surface area contributed by atoms with E-state index in [0.29, 0.717) is 12.1 Å². The summed E-state index contributed by atoms with van der Waals surface area (Å²) in [6.07, 6.45) is 1.62. The van der Waals surface area contributed by atoms with Gasteiger partial charge in [-0.15, -0.1) is 0 Å². The van der Waals surface area contributed by atoms with E-state index >= 15 is 0 Å². The van der Waals surface area contributed by atoms with Crippen LogP contribution in [0.3, 0.4) is 0 Å². The van der Waals surface area contributed by atoms with Gasteiger partial charge in [-0.2, -0.15) is 5.10 Å². The van der Waals surface area contributed by atoms with Crippen LogP contribution in [0.15, 0.2) is 36.9 Å². The molecule has 3 aromatic heterocycles. The van der Waals surface area contributed by atoms with Gasteiger partial charge in [0.05, 0.1) is 6.20 Å². The number of aromatic hydroxyl groups is 1. The molecule has 9 nitrogen and oxygen atoms in total. The quantitative estimate of drug-likeness (QED) is 0.596. The fourth-order valence-electron chi connectivity index (χ4n) is 2.58. The Bertz CT molecular complexity index is 947. The first-order chi connectivity index (χ1) is 12.8. The number of hydrogen-bond donors (Lipinski definition) is 2. The van der Waals surface area contributed by atoms with Crippen LogP contribution in [0.4, 0.5) is 4.79 Å². The summed E-state index contributed by atoms with van der Waals surface area (Å²) >= 11 is 18.3. The van der Waals surface area contributed by atoms with Crippen molar-refractivity contribution < 1.29 is 15.0 Å². The molecule has 0 aliphatic carbocycles. The average Bonchev–Trinajstić information content (AvgIpc) is 3.03. The zero-order valence-electron chi connectivity index (χ0n) is 13.6. The molecule has 0 saturated heterocycles. The lowest BCUT2D eigenvalue weighted by Gasteiger charge is -2.34. The minimum atomic E-state index is -2.07. The number of halogens is 3. The third kappa shape index (κ3) is 4.15. The molecular formula is C15H13Cl3N6O3. The molecule has 3 rings (SSSR count). The van der Waals surface area contributed by atoms with Crippen LogP contribution in [0.1, 0.15) is 11.9 Å². The highest BCUT2D eigenvalue weighted by Gasteiger charge is 2.43. The first-order valence-corrected chi connectivity index (χ1v) is 8.76. The van der Waals surface area contributed by atoms with Gasteiger partial charge < -0.3 is 10.2 Å². The normalized spacial score (nSPS) is 12.9. The fourth-order valence-corrected chi connectivity index (χ4v) is 3.21. The van der Waals surface area contributed by atoms with Crippen molar-refractivity contribution in [3.8, 4) is 5.88 Å². The molecule has 142 valence electrons. The number of pyridine rings is 1. The zero-order valence-corrected chi connectivity index (χ0v) is 15.8. The van der Waals surface area contributed by atoms with Gasteiger partial charge in [0.25, 0.3) is 0 Å². The van der Waals surface area contributed by atoms with Crippen LogP contribution in [0, 0.1) is 0 Å². The van der Waals surface area contributed by atoms with Gasteiger partial charge in [-0.25, -0.2) is 19.4 Å². The van der Waals surface area contributed by atoms with E-state index in [0.717, 1.165) is 15.9 Å². The molecule has 0 aliphatic heterocycles. The van der Waals surface area contributed by atoms with Crippen molar-refractivity contribution in [1.82, 2.24) is 29.6 Å². The number of carbonyl (C=O) groups is 1. The van der Waals surface area contributed by atoms with Crippen molar-refractivity contribution in [3.05, 3.63) is 42.6 Å². The second-order valence-corrected chi connectivity index (χ2v) is 7.85. The molecule has 1 unspecified atom stereocenters. The van der Waals surface area contributed by atoms with E-state index in [1.54, 1.807) is 24.4 Å². The molecule has 3 heterocycles. The molecule has 0 aromatic carbocycles. The van der Waals surface area contributed by atoms with Gasteiger partial charge in [-0.3, -0.25) is 9.88 Å². The lowest BCUT2D eigenvalue weighted by atomic mass is 10.2. The van der Waals surface area contributed by atoms with Crippen molar-refractivity contribution >= 4 is 51.9 Å². The molecular weight excluding hydrogens is 419 g/mol. The maximum absolute atomic E-state index is 11.9. The molecule has 0 bridgehead atoms. The number of rotatable bonds is 5. The summed E-state index contributed by atoms with van der Waals surface area (Å²) in [5.41, 5.74) is 0.806. The van der Waals surface area contributed by atoms with Crippen LogP contribution in [-0.2, 0) is 6.42 Å². The van der Waals surface area contributed by atoms with Gasteiger partial charge in [0.1, 0.15) is 11.7 Å². The number of hydrogen-bond acceptors (Lipinski definition) is 6. The van der Waals surface area contributed by atoms with Crippen molar-refractivity contribution in [2.45, 2.75) is 16.4 Å². The Morgan fingerprint density at radius 3 is 2.67 bits per heavy atom. The molecule has 0 aliphatic rings. The average molecular weight is 432 g/mol. The molecule has 0 radical (unpaired) electrons. The summed E-state index contributed by atoms with van der Waals surface area (Å²) in [6.45, 7) is -0.0106. The Morgan fingerprint density at radius 2 is 2.04 bits per heavy atom. The summed E-state index contributed by atoms with van der Waals surface area (Å²) < 4.78 is -0.932. The van der Waals surface area contributed by atoms with Gasteiger partial charge in [0.2, 0.25) is 9.67 Å². The van der Waals surface area contributed by atoms with Crippen molar-refractivity contribution in [2.24, 2.45) is 0 Å². The number of carboxylic acid groups (broad SMARTS) is 1. The van der Waals surface area contributed by atoms with Crippen molar-refractivity contribution in [1.29, 1.82) is 0 Å². The van der Waals surface area contributed by atoms with Gasteiger partial charge in [0, 0.05) is 24.9 Å². The number of alkyl halides is 3. The molecule has 1 amide bonds. The Hall–Kier alpha value is -2.36. The van der Waals surface area contributed by atoms with Crippen LogP contribution in [0.2, 0.25) is 0 Å². The van der Waals surface area contributed by atoms with E-state index in [-0.39, 0.29) is 23.5 Å². The third-order valence-corrected chi connectivity index (χ3v) is 4.36. The maximum atomic E-state index is 11.9. The lowest BCUT2D eigenvalue weighted by Crippen LogP contribution is -2.45. The number of aromatic nitrogens is 5. The van der Waals surface area contributed by atoms with Crippen LogP contribution >= 0.6 is 34.8 Å². The second-order valence-electron chi connectivity index (χ2n) is 5.49. The Balaban J connectivity index is 2.01.